The third-order valence-electron chi connectivity index (χ3n) is 2.09. The normalized spacial score (nSPS) is 21.1. The molecule has 1 atom stereocenters. The van der Waals surface area contributed by atoms with Gasteiger partial charge in [-0.05, 0) is 15.9 Å². The maximum atomic E-state index is 11.6. The highest BCUT2D eigenvalue weighted by Crippen LogP contribution is 2.32. The van der Waals surface area contributed by atoms with Crippen LogP contribution >= 0.6 is 40.2 Å². The summed E-state index contributed by atoms with van der Waals surface area (Å²) in [6.07, 6.45) is 1.76. The Hall–Kier alpha value is -0.330. The first kappa shape index (κ1) is 11.2. The Bertz CT molecular complexity index is 417. The second-order valence-electron chi connectivity index (χ2n) is 3.16. The maximum absolute atomic E-state index is 11.6. The van der Waals surface area contributed by atoms with Crippen LogP contribution in [0.15, 0.2) is 10.8 Å². The van der Waals surface area contributed by atoms with E-state index in [0.29, 0.717) is 28.4 Å². The van der Waals surface area contributed by atoms with E-state index in [9.17, 15) is 4.79 Å². The van der Waals surface area contributed by atoms with E-state index in [0.717, 1.165) is 0 Å². The number of thiol groups is 1. The van der Waals surface area contributed by atoms with Gasteiger partial charge in [-0.15, -0.1) is 0 Å². The summed E-state index contributed by atoms with van der Waals surface area (Å²) in [5.74, 6) is 0.516. The van der Waals surface area contributed by atoms with Gasteiger partial charge in [0.2, 0.25) is 5.91 Å². The molecule has 1 saturated heterocycles. The average molecular weight is 309 g/mol. The number of anilines is 1. The van der Waals surface area contributed by atoms with Gasteiger partial charge in [0.25, 0.3) is 0 Å². The van der Waals surface area contributed by atoms with Crippen LogP contribution < -0.4 is 4.90 Å². The maximum Gasteiger partial charge on any atom is 0.229 e. The molecule has 0 N–H and O–H groups in total. The molecule has 0 radical (unpaired) electrons. The molecular weight excluding hydrogens is 302 g/mol. The molecule has 2 rings (SSSR count). The van der Waals surface area contributed by atoms with Gasteiger partial charge < -0.3 is 0 Å². The standard InChI is InChI=1S/C8H7BrClN3OS/c9-6-7(10)11-3-12-8(6)13-2-4(15)1-5(13)14/h3-4,15H,1-2H2. The van der Waals surface area contributed by atoms with Crippen molar-refractivity contribution in [3.05, 3.63) is 16.0 Å². The van der Waals surface area contributed by atoms with Crippen molar-refractivity contribution in [2.75, 3.05) is 11.4 Å². The molecule has 4 nitrogen and oxygen atoms in total. The third kappa shape index (κ3) is 2.11. The van der Waals surface area contributed by atoms with E-state index in [1.165, 1.54) is 6.33 Å². The summed E-state index contributed by atoms with van der Waals surface area (Å²) >= 11 is 13.4. The fourth-order valence-electron chi connectivity index (χ4n) is 1.42. The van der Waals surface area contributed by atoms with Crippen molar-refractivity contribution in [3.8, 4) is 0 Å². The topological polar surface area (TPSA) is 46.1 Å². The number of hydrogen-bond acceptors (Lipinski definition) is 4. The van der Waals surface area contributed by atoms with Crippen molar-refractivity contribution in [2.45, 2.75) is 11.7 Å². The predicted molar refractivity (Wildman–Crippen MR) is 64.5 cm³/mol. The number of halogens is 2. The van der Waals surface area contributed by atoms with E-state index in [2.05, 4.69) is 38.5 Å². The van der Waals surface area contributed by atoms with Crippen LogP contribution in [0.3, 0.4) is 0 Å². The Morgan fingerprint density at radius 3 is 2.93 bits per heavy atom. The highest BCUT2D eigenvalue weighted by molar-refractivity contribution is 9.10. The summed E-state index contributed by atoms with van der Waals surface area (Å²) in [5, 5.41) is 0.355. The van der Waals surface area contributed by atoms with E-state index in [4.69, 9.17) is 11.6 Å². The van der Waals surface area contributed by atoms with Crippen LogP contribution in [0.4, 0.5) is 5.82 Å². The lowest BCUT2D eigenvalue weighted by atomic mass is 10.4. The van der Waals surface area contributed by atoms with Crippen LogP contribution in [0.25, 0.3) is 0 Å². The van der Waals surface area contributed by atoms with Crippen LogP contribution in [0, 0.1) is 0 Å². The van der Waals surface area contributed by atoms with Crippen LogP contribution in [-0.4, -0.2) is 27.7 Å². The molecule has 1 aliphatic rings. The van der Waals surface area contributed by atoms with Gasteiger partial charge >= 0.3 is 0 Å². The van der Waals surface area contributed by atoms with Crippen LogP contribution in [-0.2, 0) is 4.79 Å². The first-order valence-corrected chi connectivity index (χ1v) is 5.92. The molecule has 15 heavy (non-hydrogen) atoms. The molecule has 1 aliphatic heterocycles. The summed E-state index contributed by atoms with van der Waals surface area (Å²) in [6.45, 7) is 0.549. The first-order chi connectivity index (χ1) is 7.09. The molecule has 0 spiro atoms. The molecule has 1 fully saturated rings. The molecule has 0 saturated carbocycles. The van der Waals surface area contributed by atoms with Crippen LogP contribution in [0.5, 0.6) is 0 Å². The Kier molecular flexibility index (Phi) is 3.18. The Morgan fingerprint density at radius 1 is 1.60 bits per heavy atom. The molecule has 0 aromatic carbocycles. The minimum absolute atomic E-state index is 0.00506. The van der Waals surface area contributed by atoms with Gasteiger partial charge in [-0.25, -0.2) is 9.97 Å². The van der Waals surface area contributed by atoms with Crippen LogP contribution in [0.2, 0.25) is 5.15 Å². The zero-order valence-electron chi connectivity index (χ0n) is 7.52. The second kappa shape index (κ2) is 4.27. The van der Waals surface area contributed by atoms with Crippen molar-refractivity contribution >= 4 is 51.9 Å². The zero-order chi connectivity index (χ0) is 11.0. The number of nitrogens with zero attached hydrogens (tertiary/aromatic N) is 3. The minimum Gasteiger partial charge on any atom is -0.295 e. The van der Waals surface area contributed by atoms with Crippen molar-refractivity contribution in [1.82, 2.24) is 9.97 Å². The Labute approximate surface area is 106 Å². The first-order valence-electron chi connectivity index (χ1n) is 4.24. The van der Waals surface area contributed by atoms with Crippen molar-refractivity contribution in [1.29, 1.82) is 0 Å². The van der Waals surface area contributed by atoms with Gasteiger partial charge in [0.1, 0.15) is 11.5 Å². The van der Waals surface area contributed by atoms with E-state index in [-0.39, 0.29) is 11.2 Å². The lowest BCUT2D eigenvalue weighted by Gasteiger charge is -2.16. The predicted octanol–water partition coefficient (Wildman–Crippen LogP) is 1.93. The van der Waals surface area contributed by atoms with E-state index in [1.807, 2.05) is 0 Å². The van der Waals surface area contributed by atoms with E-state index in [1.54, 1.807) is 4.90 Å². The van der Waals surface area contributed by atoms with Crippen molar-refractivity contribution in [3.63, 3.8) is 0 Å². The molecule has 1 aromatic heterocycles. The molecule has 7 heteroatoms. The molecule has 0 aliphatic carbocycles. The number of aromatic nitrogens is 2. The molecule has 1 aromatic rings. The lowest BCUT2D eigenvalue weighted by molar-refractivity contribution is -0.117. The fraction of sp³-hybridized carbons (Fsp3) is 0.375. The highest BCUT2D eigenvalue weighted by Gasteiger charge is 2.30. The summed E-state index contributed by atoms with van der Waals surface area (Å²) in [6, 6.07) is 0. The molecule has 2 heterocycles. The molecule has 1 unspecified atom stereocenters. The summed E-state index contributed by atoms with van der Waals surface area (Å²) in [5.41, 5.74) is 0. The summed E-state index contributed by atoms with van der Waals surface area (Å²) in [7, 11) is 0. The summed E-state index contributed by atoms with van der Waals surface area (Å²) in [4.78, 5) is 21.0. The number of amides is 1. The quantitative estimate of drug-likeness (QED) is 0.637. The Morgan fingerprint density at radius 2 is 2.33 bits per heavy atom. The van der Waals surface area contributed by atoms with Gasteiger partial charge in [-0.2, -0.15) is 12.6 Å². The monoisotopic (exact) mass is 307 g/mol. The van der Waals surface area contributed by atoms with Gasteiger partial charge in [-0.3, -0.25) is 9.69 Å². The van der Waals surface area contributed by atoms with Gasteiger partial charge in [-0.1, -0.05) is 11.6 Å². The summed E-state index contributed by atoms with van der Waals surface area (Å²) < 4.78 is 0.544. The third-order valence-corrected chi connectivity index (χ3v) is 3.68. The number of carbonyl (C=O) groups is 1. The number of hydrogen-bond donors (Lipinski definition) is 1. The van der Waals surface area contributed by atoms with Crippen molar-refractivity contribution < 1.29 is 4.79 Å². The Balaban J connectivity index is 2.38. The van der Waals surface area contributed by atoms with Crippen molar-refractivity contribution in [2.24, 2.45) is 0 Å². The minimum atomic E-state index is 0.00506. The fourth-order valence-corrected chi connectivity index (χ4v) is 2.29. The molecule has 0 bridgehead atoms. The smallest absolute Gasteiger partial charge is 0.229 e. The number of rotatable bonds is 1. The van der Waals surface area contributed by atoms with E-state index < -0.39 is 0 Å². The van der Waals surface area contributed by atoms with Crippen LogP contribution in [0.1, 0.15) is 6.42 Å². The number of carbonyl (C=O) groups excluding carboxylic acids is 1. The van der Waals surface area contributed by atoms with Gasteiger partial charge in [0, 0.05) is 18.2 Å². The molecule has 80 valence electrons. The lowest BCUT2D eigenvalue weighted by Crippen LogP contribution is -2.26. The average Bonchev–Trinajstić information content (AvgIpc) is 2.50. The van der Waals surface area contributed by atoms with E-state index >= 15 is 0 Å². The SMILES string of the molecule is O=C1CC(S)CN1c1ncnc(Cl)c1Br. The zero-order valence-corrected chi connectivity index (χ0v) is 10.8. The second-order valence-corrected chi connectivity index (χ2v) is 5.05. The largest absolute Gasteiger partial charge is 0.295 e. The van der Waals surface area contributed by atoms with Gasteiger partial charge in [0.15, 0.2) is 5.82 Å². The molecule has 1 amide bonds. The molecular formula is C8H7BrClN3OS. The highest BCUT2D eigenvalue weighted by atomic mass is 79.9. The van der Waals surface area contributed by atoms with Gasteiger partial charge in [0.05, 0.1) is 4.47 Å².